The largest absolute Gasteiger partial charge is 0.390 e. The van der Waals surface area contributed by atoms with Gasteiger partial charge in [0.05, 0.1) is 10.5 Å². The summed E-state index contributed by atoms with van der Waals surface area (Å²) in [6.07, 6.45) is 2.22. The van der Waals surface area contributed by atoms with E-state index in [1.807, 2.05) is 24.8 Å². The Morgan fingerprint density at radius 1 is 1.37 bits per heavy atom. The molecule has 1 N–H and O–H groups in total. The normalized spacial score (nSPS) is 24.1. The molecule has 0 aromatic heterocycles. The summed E-state index contributed by atoms with van der Waals surface area (Å²) in [5.74, 6) is 0. The van der Waals surface area contributed by atoms with Crippen molar-refractivity contribution in [2.24, 2.45) is 0 Å². The Morgan fingerprint density at radius 2 is 2.11 bits per heavy atom. The maximum atomic E-state index is 11.2. The molecule has 0 radical (unpaired) electrons. The van der Waals surface area contributed by atoms with E-state index in [1.165, 1.54) is 0 Å². The van der Waals surface area contributed by atoms with Gasteiger partial charge >= 0.3 is 0 Å². The first-order valence-electron chi connectivity index (χ1n) is 6.62. The van der Waals surface area contributed by atoms with E-state index < -0.39 is 5.60 Å². The van der Waals surface area contributed by atoms with Gasteiger partial charge in [0.1, 0.15) is 5.69 Å². The number of nitro groups is 1. The molecule has 0 spiro atoms. The van der Waals surface area contributed by atoms with Gasteiger partial charge in [-0.2, -0.15) is 0 Å². The number of nitrogens with zero attached hydrogens (tertiary/aromatic N) is 2. The molecule has 104 valence electrons. The van der Waals surface area contributed by atoms with Crippen LogP contribution in [0.15, 0.2) is 18.2 Å². The van der Waals surface area contributed by atoms with Crippen LogP contribution < -0.4 is 4.90 Å². The third kappa shape index (κ3) is 3.04. The van der Waals surface area contributed by atoms with Gasteiger partial charge in [-0.05, 0) is 38.7 Å². The molecule has 0 aliphatic carbocycles. The topological polar surface area (TPSA) is 66.6 Å². The van der Waals surface area contributed by atoms with E-state index in [0.29, 0.717) is 18.7 Å². The van der Waals surface area contributed by atoms with Crippen LogP contribution in [0.3, 0.4) is 0 Å². The van der Waals surface area contributed by atoms with Gasteiger partial charge in [0.2, 0.25) is 0 Å². The van der Waals surface area contributed by atoms with Gasteiger partial charge in [-0.3, -0.25) is 10.1 Å². The minimum absolute atomic E-state index is 0.154. The lowest BCUT2D eigenvalue weighted by Crippen LogP contribution is -2.29. The number of hydrogen-bond acceptors (Lipinski definition) is 4. The van der Waals surface area contributed by atoms with E-state index in [2.05, 4.69) is 0 Å². The second-order valence-electron chi connectivity index (χ2n) is 5.54. The summed E-state index contributed by atoms with van der Waals surface area (Å²) in [6, 6.07) is 5.15. The third-order valence-corrected chi connectivity index (χ3v) is 3.79. The standard InChI is InChI=1S/C14H20N2O3/c1-11-5-3-6-12(16(18)19)13(11)15-9-4-7-14(2,17)8-10-15/h3,5-6,17H,4,7-10H2,1-2H3. The molecule has 1 aliphatic rings. The van der Waals surface area contributed by atoms with E-state index >= 15 is 0 Å². The number of rotatable bonds is 2. The Hall–Kier alpha value is -1.62. The number of aliphatic hydroxyl groups is 1. The lowest BCUT2D eigenvalue weighted by molar-refractivity contribution is -0.384. The zero-order valence-electron chi connectivity index (χ0n) is 11.4. The van der Waals surface area contributed by atoms with Crippen LogP contribution in [-0.4, -0.2) is 28.7 Å². The zero-order chi connectivity index (χ0) is 14.0. The van der Waals surface area contributed by atoms with Crippen LogP contribution in [0.1, 0.15) is 31.7 Å². The number of anilines is 1. The second kappa shape index (κ2) is 5.17. The Labute approximate surface area is 113 Å². The highest BCUT2D eigenvalue weighted by molar-refractivity contribution is 5.67. The molecule has 0 amide bonds. The average molecular weight is 264 g/mol. The van der Waals surface area contributed by atoms with E-state index in [1.54, 1.807) is 12.1 Å². The fourth-order valence-electron chi connectivity index (χ4n) is 2.69. The van der Waals surface area contributed by atoms with Crippen LogP contribution in [0.2, 0.25) is 0 Å². The van der Waals surface area contributed by atoms with Gasteiger partial charge in [-0.1, -0.05) is 12.1 Å². The SMILES string of the molecule is Cc1cccc([N+](=O)[O-])c1N1CCCC(C)(O)CC1. The van der Waals surface area contributed by atoms with Gasteiger partial charge in [-0.25, -0.2) is 0 Å². The fraction of sp³-hybridized carbons (Fsp3) is 0.571. The highest BCUT2D eigenvalue weighted by Gasteiger charge is 2.28. The van der Waals surface area contributed by atoms with Crippen LogP contribution in [0.4, 0.5) is 11.4 Å². The smallest absolute Gasteiger partial charge is 0.292 e. The van der Waals surface area contributed by atoms with E-state index in [0.717, 1.165) is 24.9 Å². The molecule has 1 atom stereocenters. The quantitative estimate of drug-likeness (QED) is 0.658. The molecule has 5 heteroatoms. The fourth-order valence-corrected chi connectivity index (χ4v) is 2.69. The van der Waals surface area contributed by atoms with Crippen LogP contribution >= 0.6 is 0 Å². The molecule has 1 fully saturated rings. The molecule has 1 unspecified atom stereocenters. The summed E-state index contributed by atoms with van der Waals surface area (Å²) < 4.78 is 0. The minimum Gasteiger partial charge on any atom is -0.390 e. The first-order chi connectivity index (χ1) is 8.91. The maximum absolute atomic E-state index is 11.2. The molecule has 19 heavy (non-hydrogen) atoms. The van der Waals surface area contributed by atoms with Crippen LogP contribution in [0.5, 0.6) is 0 Å². The molecule has 2 rings (SSSR count). The van der Waals surface area contributed by atoms with Crippen molar-refractivity contribution in [2.75, 3.05) is 18.0 Å². The Morgan fingerprint density at radius 3 is 2.79 bits per heavy atom. The molecule has 0 saturated carbocycles. The molecule has 1 heterocycles. The molecule has 1 aromatic rings. The predicted octanol–water partition coefficient (Wildman–Crippen LogP) is 2.64. The molecule has 1 aromatic carbocycles. The maximum Gasteiger partial charge on any atom is 0.292 e. The Balaban J connectivity index is 2.33. The number of hydrogen-bond donors (Lipinski definition) is 1. The highest BCUT2D eigenvalue weighted by atomic mass is 16.6. The molecule has 5 nitrogen and oxygen atoms in total. The lowest BCUT2D eigenvalue weighted by Gasteiger charge is -2.25. The van der Waals surface area contributed by atoms with Crippen molar-refractivity contribution in [3.05, 3.63) is 33.9 Å². The van der Waals surface area contributed by atoms with Gasteiger partial charge in [-0.15, -0.1) is 0 Å². The van der Waals surface area contributed by atoms with Crippen molar-refractivity contribution >= 4 is 11.4 Å². The van der Waals surface area contributed by atoms with E-state index in [9.17, 15) is 15.2 Å². The number of nitro benzene ring substituents is 1. The van der Waals surface area contributed by atoms with Crippen LogP contribution in [-0.2, 0) is 0 Å². The van der Waals surface area contributed by atoms with Crippen molar-refractivity contribution in [3.63, 3.8) is 0 Å². The average Bonchev–Trinajstić information content (AvgIpc) is 2.50. The van der Waals surface area contributed by atoms with Gasteiger partial charge in [0.25, 0.3) is 5.69 Å². The van der Waals surface area contributed by atoms with Gasteiger partial charge in [0, 0.05) is 19.2 Å². The summed E-state index contributed by atoms with van der Waals surface area (Å²) in [7, 11) is 0. The van der Waals surface area contributed by atoms with E-state index in [-0.39, 0.29) is 10.6 Å². The Kier molecular flexibility index (Phi) is 3.75. The van der Waals surface area contributed by atoms with Crippen LogP contribution in [0, 0.1) is 17.0 Å². The predicted molar refractivity (Wildman–Crippen MR) is 74.5 cm³/mol. The first-order valence-corrected chi connectivity index (χ1v) is 6.62. The van der Waals surface area contributed by atoms with Crippen molar-refractivity contribution in [1.82, 2.24) is 0 Å². The van der Waals surface area contributed by atoms with Crippen molar-refractivity contribution in [1.29, 1.82) is 0 Å². The third-order valence-electron chi connectivity index (χ3n) is 3.79. The van der Waals surface area contributed by atoms with Crippen molar-refractivity contribution < 1.29 is 10.0 Å². The van der Waals surface area contributed by atoms with Crippen molar-refractivity contribution in [3.8, 4) is 0 Å². The van der Waals surface area contributed by atoms with E-state index in [4.69, 9.17) is 0 Å². The summed E-state index contributed by atoms with van der Waals surface area (Å²) in [6.45, 7) is 5.13. The van der Waals surface area contributed by atoms with Gasteiger partial charge in [0.15, 0.2) is 0 Å². The molecule has 0 bridgehead atoms. The minimum atomic E-state index is -0.661. The summed E-state index contributed by atoms with van der Waals surface area (Å²) in [5.41, 5.74) is 1.11. The van der Waals surface area contributed by atoms with Gasteiger partial charge < -0.3 is 10.0 Å². The zero-order valence-corrected chi connectivity index (χ0v) is 11.4. The summed E-state index contributed by atoms with van der Waals surface area (Å²) in [4.78, 5) is 12.9. The second-order valence-corrected chi connectivity index (χ2v) is 5.54. The van der Waals surface area contributed by atoms with Crippen LogP contribution in [0.25, 0.3) is 0 Å². The number of para-hydroxylation sites is 1. The Bertz CT molecular complexity index is 486. The van der Waals surface area contributed by atoms with Crippen molar-refractivity contribution in [2.45, 2.75) is 38.7 Å². The molecular formula is C14H20N2O3. The highest BCUT2D eigenvalue weighted by Crippen LogP contribution is 2.34. The molecule has 1 aliphatic heterocycles. The number of aryl methyl sites for hydroxylation is 1. The molecular weight excluding hydrogens is 244 g/mol. The monoisotopic (exact) mass is 264 g/mol. The molecule has 1 saturated heterocycles. The first kappa shape index (κ1) is 13.8. The lowest BCUT2D eigenvalue weighted by atomic mass is 9.98. The summed E-state index contributed by atoms with van der Waals surface area (Å²) in [5, 5.41) is 21.3. The number of benzene rings is 1. The summed E-state index contributed by atoms with van der Waals surface area (Å²) >= 11 is 0.